The van der Waals surface area contributed by atoms with E-state index < -0.39 is 79.1 Å². The van der Waals surface area contributed by atoms with E-state index in [0.29, 0.717) is 0 Å². The third-order valence-corrected chi connectivity index (χ3v) is 10.8. The van der Waals surface area contributed by atoms with Gasteiger partial charge in [-0.3, -0.25) is 0 Å². The molecule has 1 aliphatic carbocycles. The van der Waals surface area contributed by atoms with Gasteiger partial charge in [0.25, 0.3) is 0 Å². The molecule has 2 amide bonds. The molecule has 13 heteroatoms. The molecule has 4 aliphatic rings. The number of ether oxygens (including phenoxy) is 6. The maximum Gasteiger partial charge on any atom is 0.407 e. The van der Waals surface area contributed by atoms with Crippen molar-refractivity contribution in [1.29, 1.82) is 0 Å². The number of aliphatic hydroxyl groups is 3. The van der Waals surface area contributed by atoms with Crippen molar-refractivity contribution < 1.29 is 53.3 Å². The van der Waals surface area contributed by atoms with Gasteiger partial charge in [-0.2, -0.15) is 0 Å². The van der Waals surface area contributed by atoms with Gasteiger partial charge in [0.2, 0.25) is 0 Å². The summed E-state index contributed by atoms with van der Waals surface area (Å²) in [7, 11) is 1.50. The number of allylic oxidation sites excluding steroid dienone is 1. The van der Waals surface area contributed by atoms with Crippen LogP contribution in [-0.4, -0.2) is 108 Å². The Hall–Kier alpha value is -3.56. The number of methoxy groups -OCH3 is 1. The number of alkyl carbamates (subject to hydrolysis) is 2. The predicted octanol–water partition coefficient (Wildman–Crippen LogP) is 4.36. The van der Waals surface area contributed by atoms with Gasteiger partial charge < -0.3 is 54.4 Å². The van der Waals surface area contributed by atoms with Crippen LogP contribution >= 0.6 is 0 Å². The van der Waals surface area contributed by atoms with Crippen LogP contribution in [0.3, 0.4) is 0 Å². The van der Waals surface area contributed by atoms with Crippen molar-refractivity contribution >= 4 is 12.2 Å². The number of hydrogen-bond donors (Lipinski definition) is 5. The molecule has 0 saturated carbocycles. The summed E-state index contributed by atoms with van der Waals surface area (Å²) in [5.41, 5.74) is 4.32. The standard InChI is InChI=1S/C40H54N2O11/c1-21(2)15-16-24(17-31-33-32(52-39(47)41-33)19-40(48-6,53-31)18-30(43)22(3)4)51-37-36(45)34(35(44)23(5)50-37)42-38(46)49-20-29-27-13-9-7-11-25(27)26-12-8-10-14-28(26)29/h7-16,21-24,29-37,43-45H,17-20H2,1-6H3,(H,41,47)(H,42,46)/b16-15+/t23?,24-,30+,31?,32?,33-,34?,35?,36?,37?,40+/m0/s1. The van der Waals surface area contributed by atoms with E-state index in [4.69, 9.17) is 28.4 Å². The quantitative estimate of drug-likeness (QED) is 0.185. The van der Waals surface area contributed by atoms with E-state index in [-0.39, 0.29) is 43.6 Å². The van der Waals surface area contributed by atoms with E-state index in [1.165, 1.54) is 7.11 Å². The Kier molecular flexibility index (Phi) is 12.1. The number of fused-ring (bicyclic) bond motifs is 4. The zero-order valence-electron chi connectivity index (χ0n) is 31.2. The van der Waals surface area contributed by atoms with Gasteiger partial charge in [-0.15, -0.1) is 0 Å². The molecule has 0 aromatic heterocycles. The molecular formula is C40H54N2O11. The zero-order valence-corrected chi connectivity index (χ0v) is 31.2. The lowest BCUT2D eigenvalue weighted by Crippen LogP contribution is -2.64. The highest BCUT2D eigenvalue weighted by Gasteiger charge is 2.54. The van der Waals surface area contributed by atoms with Crippen LogP contribution in [0.25, 0.3) is 11.1 Å². The minimum Gasteiger partial charge on any atom is -0.449 e. The summed E-state index contributed by atoms with van der Waals surface area (Å²) in [4.78, 5) is 25.7. The molecule has 13 nitrogen and oxygen atoms in total. The molecule has 2 aromatic carbocycles. The Morgan fingerprint density at radius 1 is 1.04 bits per heavy atom. The van der Waals surface area contributed by atoms with Crippen molar-refractivity contribution in [3.05, 3.63) is 71.8 Å². The molecular weight excluding hydrogens is 684 g/mol. The Morgan fingerprint density at radius 3 is 2.32 bits per heavy atom. The highest BCUT2D eigenvalue weighted by molar-refractivity contribution is 5.79. The normalized spacial score (nSPS) is 32.2. The lowest BCUT2D eigenvalue weighted by molar-refractivity contribution is -0.307. The largest absolute Gasteiger partial charge is 0.449 e. The highest BCUT2D eigenvalue weighted by Crippen LogP contribution is 2.45. The summed E-state index contributed by atoms with van der Waals surface area (Å²) in [5, 5.41) is 38.9. The number of nitrogens with one attached hydrogen (secondary N) is 2. The number of aliphatic hydroxyl groups excluding tert-OH is 3. The van der Waals surface area contributed by atoms with Crippen molar-refractivity contribution in [2.75, 3.05) is 13.7 Å². The average Bonchev–Trinajstić information content (AvgIpc) is 3.66. The van der Waals surface area contributed by atoms with Gasteiger partial charge >= 0.3 is 12.2 Å². The van der Waals surface area contributed by atoms with Crippen molar-refractivity contribution in [2.45, 2.75) is 127 Å². The predicted molar refractivity (Wildman–Crippen MR) is 194 cm³/mol. The highest BCUT2D eigenvalue weighted by atomic mass is 16.7. The molecule has 53 heavy (non-hydrogen) atoms. The zero-order chi connectivity index (χ0) is 38.0. The fraction of sp³-hybridized carbons (Fsp3) is 0.600. The van der Waals surface area contributed by atoms with Gasteiger partial charge in [-0.25, -0.2) is 9.59 Å². The van der Waals surface area contributed by atoms with Crippen LogP contribution in [-0.2, 0) is 28.4 Å². The topological polar surface area (TPSA) is 174 Å². The van der Waals surface area contributed by atoms with E-state index in [1.807, 2.05) is 76.2 Å². The molecule has 0 bridgehead atoms. The summed E-state index contributed by atoms with van der Waals surface area (Å²) >= 11 is 0. The van der Waals surface area contributed by atoms with Gasteiger partial charge in [-0.05, 0) is 41.0 Å². The van der Waals surface area contributed by atoms with Gasteiger partial charge in [0.1, 0.15) is 24.9 Å². The minimum atomic E-state index is -1.48. The summed E-state index contributed by atoms with van der Waals surface area (Å²) in [6.45, 7) is 9.51. The smallest absolute Gasteiger partial charge is 0.407 e. The van der Waals surface area contributed by atoms with E-state index in [2.05, 4.69) is 22.8 Å². The van der Waals surface area contributed by atoms with Crippen LogP contribution in [0, 0.1) is 11.8 Å². The Morgan fingerprint density at radius 2 is 1.70 bits per heavy atom. The Balaban J connectivity index is 1.15. The molecule has 0 spiro atoms. The summed E-state index contributed by atoms with van der Waals surface area (Å²) in [6, 6.07) is 14.3. The van der Waals surface area contributed by atoms with Crippen molar-refractivity contribution in [1.82, 2.24) is 10.6 Å². The fourth-order valence-corrected chi connectivity index (χ4v) is 7.80. The van der Waals surface area contributed by atoms with Crippen molar-refractivity contribution in [3.63, 3.8) is 0 Å². The number of carbonyl (C=O) groups is 2. The number of hydrogen-bond acceptors (Lipinski definition) is 11. The van der Waals surface area contributed by atoms with Crippen LogP contribution < -0.4 is 10.6 Å². The molecule has 3 heterocycles. The van der Waals surface area contributed by atoms with E-state index in [1.54, 1.807) is 6.92 Å². The number of carbonyl (C=O) groups excluding carboxylic acids is 2. The summed E-state index contributed by atoms with van der Waals surface area (Å²) < 4.78 is 36.2. The second kappa shape index (κ2) is 16.4. The first kappa shape index (κ1) is 39.1. The third kappa shape index (κ3) is 8.57. The lowest BCUT2D eigenvalue weighted by Gasteiger charge is -2.46. The third-order valence-electron chi connectivity index (χ3n) is 10.8. The molecule has 7 unspecified atom stereocenters. The maximum absolute atomic E-state index is 13.3. The van der Waals surface area contributed by atoms with Crippen LogP contribution in [0.2, 0.25) is 0 Å². The molecule has 290 valence electrons. The molecule has 6 rings (SSSR count). The van der Waals surface area contributed by atoms with Crippen molar-refractivity contribution in [3.8, 4) is 11.1 Å². The molecule has 5 N–H and O–H groups in total. The average molecular weight is 739 g/mol. The van der Waals surface area contributed by atoms with E-state index in [0.717, 1.165) is 22.3 Å². The molecule has 3 aliphatic heterocycles. The second-order valence-electron chi connectivity index (χ2n) is 15.3. The molecule has 2 aromatic rings. The first-order chi connectivity index (χ1) is 25.3. The molecule has 3 fully saturated rings. The van der Waals surface area contributed by atoms with Gasteiger partial charge in [0.05, 0.1) is 36.5 Å². The molecule has 3 saturated heterocycles. The van der Waals surface area contributed by atoms with Crippen LogP contribution in [0.1, 0.15) is 70.9 Å². The van der Waals surface area contributed by atoms with Gasteiger partial charge in [0, 0.05) is 32.3 Å². The molecule has 0 radical (unpaired) electrons. The maximum atomic E-state index is 13.3. The van der Waals surface area contributed by atoms with Gasteiger partial charge in [-0.1, -0.05) is 88.4 Å². The summed E-state index contributed by atoms with van der Waals surface area (Å²) in [6.07, 6.45) is -4.56. The molecule has 11 atom stereocenters. The fourth-order valence-electron chi connectivity index (χ4n) is 7.80. The Labute approximate surface area is 310 Å². The SMILES string of the molecule is CO[C@@]1(C[C@@H](O)C(C)C)CC2OC(=O)N[C@H]2C(C[C@H](/C=C/C(C)C)OC2OC(C)C(O)C(NC(=O)OCC3c4ccccc4-c4ccccc43)C2O)O1. The first-order valence-electron chi connectivity index (χ1n) is 18.6. The van der Waals surface area contributed by atoms with Gasteiger partial charge in [0.15, 0.2) is 12.1 Å². The van der Waals surface area contributed by atoms with E-state index >= 15 is 0 Å². The second-order valence-corrected chi connectivity index (χ2v) is 15.3. The number of amides is 2. The lowest BCUT2D eigenvalue weighted by atomic mass is 9.86. The van der Waals surface area contributed by atoms with Crippen LogP contribution in [0.15, 0.2) is 60.7 Å². The Bertz CT molecular complexity index is 1570. The number of rotatable bonds is 13. The monoisotopic (exact) mass is 738 g/mol. The number of benzene rings is 2. The van der Waals surface area contributed by atoms with Crippen LogP contribution in [0.5, 0.6) is 0 Å². The van der Waals surface area contributed by atoms with E-state index in [9.17, 15) is 24.9 Å². The summed E-state index contributed by atoms with van der Waals surface area (Å²) in [5.74, 6) is -1.31. The van der Waals surface area contributed by atoms with Crippen LogP contribution in [0.4, 0.5) is 9.59 Å². The first-order valence-corrected chi connectivity index (χ1v) is 18.6. The minimum absolute atomic E-state index is 0.0617. The van der Waals surface area contributed by atoms with Crippen molar-refractivity contribution in [2.24, 2.45) is 11.8 Å².